The van der Waals surface area contributed by atoms with Gasteiger partial charge in [0.25, 0.3) is 0 Å². The first-order chi connectivity index (χ1) is 40.4. The fourth-order valence-corrected chi connectivity index (χ4v) is 10.4. The van der Waals surface area contributed by atoms with E-state index in [1.54, 1.807) is 45.0 Å². The van der Waals surface area contributed by atoms with Gasteiger partial charge in [0.05, 0.1) is 56.7 Å². The molecule has 0 saturated heterocycles. The standard InChI is InChI=1S/C24H19ClN2O.C23H17ClN2O.C22H16ClN3O2S/c1-24(2,28)20-9-4-3-8-19(20)17-11-12-21-22(15-17)27-23(26-21)13-10-16-6-5-7-18(25)14-16;1-15(27)19-7-2-3-8-20(19)17-10-11-21-22(14-17)26-23(25-21)12-9-16-5-4-6-18(24)13-16;1-29(27,28)26-19-8-3-2-7-18(19)16-10-11-20-21(14-16)25-22(24-20)12-9-15-5-4-6-17(23)13-15/h3-9,11-12,14-15,28H,1-2H3,(H,26,27);2-8,10-11,13-15,27H,1H3,(H,25,26);2-8,10-11,13-14,26H,1H3,(H,24,25). The third kappa shape index (κ3) is 14.8. The van der Waals surface area contributed by atoms with Gasteiger partial charge in [-0.3, -0.25) is 4.72 Å². The van der Waals surface area contributed by atoms with Gasteiger partial charge in [-0.15, -0.1) is 0 Å². The summed E-state index contributed by atoms with van der Waals surface area (Å²) in [5, 5.41) is 22.5. The predicted octanol–water partition coefficient (Wildman–Crippen LogP) is 15.5. The van der Waals surface area contributed by atoms with Crippen LogP contribution in [-0.4, -0.2) is 54.8 Å². The van der Waals surface area contributed by atoms with E-state index in [0.29, 0.717) is 38.2 Å². The van der Waals surface area contributed by atoms with E-state index in [-0.39, 0.29) is 0 Å². The summed E-state index contributed by atoms with van der Waals surface area (Å²) < 4.78 is 25.9. The Hall–Kier alpha value is -9.39. The lowest BCUT2D eigenvalue weighted by Crippen LogP contribution is -2.16. The molecule has 0 aliphatic heterocycles. The zero-order valence-corrected chi connectivity index (χ0v) is 48.8. The molecule has 3 heterocycles. The minimum Gasteiger partial charge on any atom is -0.389 e. The van der Waals surface area contributed by atoms with Crippen LogP contribution in [0.5, 0.6) is 0 Å². The summed E-state index contributed by atoms with van der Waals surface area (Å²) in [5.41, 5.74) is 14.7. The highest BCUT2D eigenvalue weighted by molar-refractivity contribution is 7.92. The molecule has 0 fully saturated rings. The molecule has 0 aliphatic rings. The van der Waals surface area contributed by atoms with E-state index >= 15 is 0 Å². The van der Waals surface area contributed by atoms with Crippen molar-refractivity contribution in [1.29, 1.82) is 0 Å². The Morgan fingerprint density at radius 3 is 1.27 bits per heavy atom. The minimum atomic E-state index is -3.38. The van der Waals surface area contributed by atoms with Crippen LogP contribution in [0.2, 0.25) is 15.1 Å². The normalized spacial score (nSPS) is 11.4. The molecular formula is C69H52Cl3N7O4S. The van der Waals surface area contributed by atoms with E-state index in [1.165, 1.54) is 0 Å². The summed E-state index contributed by atoms with van der Waals surface area (Å²) >= 11 is 18.0. The average Bonchev–Trinajstić information content (AvgIpc) is 4.04. The van der Waals surface area contributed by atoms with Crippen molar-refractivity contribution in [3.8, 4) is 68.9 Å². The summed E-state index contributed by atoms with van der Waals surface area (Å²) in [7, 11) is -3.38. The van der Waals surface area contributed by atoms with Crippen LogP contribution in [-0.2, 0) is 15.6 Å². The summed E-state index contributed by atoms with van der Waals surface area (Å²) in [6, 6.07) is 62.9. The monoisotopic (exact) mass is 1180 g/mol. The molecule has 414 valence electrons. The fourth-order valence-electron chi connectivity index (χ4n) is 9.22. The molecule has 0 amide bonds. The van der Waals surface area contributed by atoms with E-state index in [1.807, 2.05) is 176 Å². The fraction of sp³-hybridized carbons (Fsp3) is 0.0870. The zero-order chi connectivity index (χ0) is 59.0. The van der Waals surface area contributed by atoms with Crippen molar-refractivity contribution in [2.24, 2.45) is 0 Å². The lowest BCUT2D eigenvalue weighted by atomic mass is 9.89. The quantitative estimate of drug-likeness (QED) is 0.0862. The number of anilines is 1. The first-order valence-corrected chi connectivity index (χ1v) is 29.4. The predicted molar refractivity (Wildman–Crippen MR) is 341 cm³/mol. The minimum absolute atomic E-state index is 0.523. The van der Waals surface area contributed by atoms with Crippen LogP contribution < -0.4 is 4.72 Å². The highest BCUT2D eigenvalue weighted by Crippen LogP contribution is 2.34. The number of benzene rings is 9. The van der Waals surface area contributed by atoms with Crippen LogP contribution in [0.25, 0.3) is 66.5 Å². The topological polar surface area (TPSA) is 173 Å². The van der Waals surface area contributed by atoms with E-state index in [2.05, 4.69) is 70.1 Å². The number of hydrogen-bond donors (Lipinski definition) is 6. The number of nitrogens with one attached hydrogen (secondary N) is 4. The smallest absolute Gasteiger partial charge is 0.229 e. The highest BCUT2D eigenvalue weighted by atomic mass is 35.5. The average molecular weight is 1180 g/mol. The lowest BCUT2D eigenvalue weighted by molar-refractivity contribution is 0.0792. The molecule has 0 saturated carbocycles. The molecule has 15 heteroatoms. The van der Waals surface area contributed by atoms with Gasteiger partial charge in [0.2, 0.25) is 10.0 Å². The molecular weight excluding hydrogens is 1130 g/mol. The lowest BCUT2D eigenvalue weighted by Gasteiger charge is -2.21. The third-order valence-corrected chi connectivity index (χ3v) is 14.3. The molecule has 84 heavy (non-hydrogen) atoms. The number of rotatable bonds is 7. The first kappa shape index (κ1) is 57.8. The van der Waals surface area contributed by atoms with Gasteiger partial charge in [0, 0.05) is 37.3 Å². The first-order valence-electron chi connectivity index (χ1n) is 26.4. The maximum Gasteiger partial charge on any atom is 0.229 e. The van der Waals surface area contributed by atoms with Gasteiger partial charge in [0.15, 0.2) is 17.5 Å². The number of H-pyrrole nitrogens is 3. The van der Waals surface area contributed by atoms with Gasteiger partial charge in [-0.05, 0) is 175 Å². The molecule has 0 radical (unpaired) electrons. The molecule has 0 spiro atoms. The maximum absolute atomic E-state index is 11.7. The third-order valence-electron chi connectivity index (χ3n) is 13.0. The molecule has 12 aromatic rings. The molecule has 6 N–H and O–H groups in total. The summed E-state index contributed by atoms with van der Waals surface area (Å²) in [6.07, 6.45) is 0.602. The Kier molecular flexibility index (Phi) is 17.5. The van der Waals surface area contributed by atoms with Crippen LogP contribution in [0.15, 0.2) is 200 Å². The number of hydrogen-bond acceptors (Lipinski definition) is 7. The van der Waals surface area contributed by atoms with Crippen LogP contribution in [0, 0.1) is 35.5 Å². The van der Waals surface area contributed by atoms with Crippen LogP contribution in [0.3, 0.4) is 0 Å². The molecule has 1 atom stereocenters. The molecule has 9 aromatic carbocycles. The van der Waals surface area contributed by atoms with Gasteiger partial charge < -0.3 is 25.2 Å². The van der Waals surface area contributed by atoms with E-state index in [0.717, 1.165) is 101 Å². The summed E-state index contributed by atoms with van der Waals surface area (Å²) in [4.78, 5) is 23.3. The van der Waals surface area contributed by atoms with Crippen LogP contribution in [0.4, 0.5) is 5.69 Å². The molecule has 1 unspecified atom stereocenters. The largest absolute Gasteiger partial charge is 0.389 e. The number of para-hydroxylation sites is 1. The van der Waals surface area contributed by atoms with Crippen molar-refractivity contribution in [1.82, 2.24) is 29.9 Å². The second kappa shape index (κ2) is 25.4. The molecule has 3 aromatic heterocycles. The van der Waals surface area contributed by atoms with Gasteiger partial charge in [-0.25, -0.2) is 23.4 Å². The number of aromatic amines is 3. The van der Waals surface area contributed by atoms with Gasteiger partial charge in [0.1, 0.15) is 0 Å². The number of halogens is 3. The van der Waals surface area contributed by atoms with Crippen molar-refractivity contribution < 1.29 is 18.6 Å². The Morgan fingerprint density at radius 1 is 0.476 bits per heavy atom. The van der Waals surface area contributed by atoms with Crippen molar-refractivity contribution >= 4 is 83.6 Å². The second-order valence-electron chi connectivity index (χ2n) is 20.0. The van der Waals surface area contributed by atoms with E-state index < -0.39 is 21.7 Å². The van der Waals surface area contributed by atoms with Gasteiger partial charge >= 0.3 is 0 Å². The number of fused-ring (bicyclic) bond motifs is 3. The van der Waals surface area contributed by atoms with Crippen LogP contribution >= 0.6 is 34.8 Å². The maximum atomic E-state index is 11.7. The van der Waals surface area contributed by atoms with Crippen molar-refractivity contribution in [3.05, 3.63) is 261 Å². The number of nitrogens with zero attached hydrogens (tertiary/aromatic N) is 3. The van der Waals surface area contributed by atoms with Gasteiger partial charge in [-0.1, -0.05) is 156 Å². The van der Waals surface area contributed by atoms with Crippen molar-refractivity contribution in [3.63, 3.8) is 0 Å². The Bertz CT molecular complexity index is 4740. The van der Waals surface area contributed by atoms with Gasteiger partial charge in [-0.2, -0.15) is 0 Å². The summed E-state index contributed by atoms with van der Waals surface area (Å²) in [6.45, 7) is 5.37. The second-order valence-corrected chi connectivity index (χ2v) is 23.1. The number of sulfonamides is 1. The SMILES string of the molecule is CC(C)(O)c1ccccc1-c1ccc2nc(C#Cc3cccc(Cl)c3)[nH]c2c1.CC(O)c1ccccc1-c1ccc2nc(C#Cc3cccc(Cl)c3)[nH]c2c1.CS(=O)(=O)Nc1ccccc1-c1ccc2nc(C#Cc3cccc(Cl)c3)[nH]c2c1. The number of aliphatic hydroxyl groups excluding tert-OH is 1. The Balaban J connectivity index is 0.000000140. The zero-order valence-electron chi connectivity index (χ0n) is 45.7. The van der Waals surface area contributed by atoms with E-state index in [4.69, 9.17) is 34.8 Å². The highest BCUT2D eigenvalue weighted by Gasteiger charge is 2.21. The molecule has 12 rings (SSSR count). The Labute approximate surface area is 501 Å². The molecule has 0 aliphatic carbocycles. The number of aliphatic hydroxyl groups is 2. The van der Waals surface area contributed by atoms with Crippen LogP contribution in [0.1, 0.15) is 72.2 Å². The Morgan fingerprint density at radius 2 is 0.857 bits per heavy atom. The summed E-state index contributed by atoms with van der Waals surface area (Å²) in [5.74, 6) is 20.1. The van der Waals surface area contributed by atoms with Crippen molar-refractivity contribution in [2.75, 3.05) is 11.0 Å². The number of imidazole rings is 3. The molecule has 11 nitrogen and oxygen atoms in total. The van der Waals surface area contributed by atoms with E-state index in [9.17, 15) is 18.6 Å². The molecule has 0 bridgehead atoms. The van der Waals surface area contributed by atoms with Crippen molar-refractivity contribution in [2.45, 2.75) is 32.5 Å². The number of aromatic nitrogens is 6.